The van der Waals surface area contributed by atoms with Crippen LogP contribution in [0.2, 0.25) is 0 Å². The van der Waals surface area contributed by atoms with Crippen LogP contribution >= 0.6 is 0 Å². The van der Waals surface area contributed by atoms with Gasteiger partial charge in [-0.15, -0.1) is 0 Å². The summed E-state index contributed by atoms with van der Waals surface area (Å²) in [5.41, 5.74) is 8.30. The molecule has 4 N–H and O–H groups in total. The molecule has 0 radical (unpaired) electrons. The Labute approximate surface area is 118 Å². The molecular weight excluding hydrogens is 254 g/mol. The molecule has 0 spiro atoms. The third-order valence-corrected chi connectivity index (χ3v) is 4.46. The molecule has 1 aromatic heterocycles. The molecule has 2 atom stereocenters. The van der Waals surface area contributed by atoms with E-state index in [1.807, 2.05) is 18.2 Å². The first-order valence-electron chi connectivity index (χ1n) is 7.19. The van der Waals surface area contributed by atoms with Crippen molar-refractivity contribution in [1.82, 2.24) is 9.55 Å². The van der Waals surface area contributed by atoms with E-state index in [2.05, 4.69) is 9.55 Å². The Hall–Kier alpha value is -1.59. The van der Waals surface area contributed by atoms with E-state index in [1.54, 1.807) is 0 Å². The van der Waals surface area contributed by atoms with Gasteiger partial charge in [-0.1, -0.05) is 6.42 Å². The van der Waals surface area contributed by atoms with Gasteiger partial charge in [0.2, 0.25) is 0 Å². The number of nitrogens with zero attached hydrogens (tertiary/aromatic N) is 2. The van der Waals surface area contributed by atoms with E-state index in [-0.39, 0.29) is 13.2 Å². The molecule has 1 aliphatic rings. The number of fused-ring (bicyclic) bond motifs is 1. The predicted octanol–water partition coefficient (Wildman–Crippen LogP) is 1.52. The van der Waals surface area contributed by atoms with Crippen molar-refractivity contribution in [3.05, 3.63) is 24.0 Å². The lowest BCUT2D eigenvalue weighted by molar-refractivity contribution is 0.182. The van der Waals surface area contributed by atoms with Crippen LogP contribution < -0.4 is 5.73 Å². The minimum absolute atomic E-state index is 0.0783. The summed E-state index contributed by atoms with van der Waals surface area (Å²) in [6.45, 7) is 0.978. The zero-order chi connectivity index (χ0) is 14.1. The Kier molecular flexibility index (Phi) is 3.63. The average molecular weight is 275 g/mol. The molecule has 0 amide bonds. The Morgan fingerprint density at radius 2 is 2.05 bits per heavy atom. The Bertz CT molecular complexity index is 608. The third-order valence-electron chi connectivity index (χ3n) is 4.46. The van der Waals surface area contributed by atoms with E-state index >= 15 is 0 Å². The van der Waals surface area contributed by atoms with Gasteiger partial charge in [0.15, 0.2) is 0 Å². The highest BCUT2D eigenvalue weighted by Gasteiger charge is 2.28. The lowest BCUT2D eigenvalue weighted by Crippen LogP contribution is -2.19. The average Bonchev–Trinajstić information content (AvgIpc) is 3.03. The summed E-state index contributed by atoms with van der Waals surface area (Å²) < 4.78 is 2.08. The number of hydrogen-bond donors (Lipinski definition) is 3. The van der Waals surface area contributed by atoms with Crippen molar-refractivity contribution in [2.24, 2.45) is 11.8 Å². The number of nitrogen functional groups attached to an aromatic ring is 1. The zero-order valence-electron chi connectivity index (χ0n) is 11.5. The number of imidazole rings is 1. The standard InChI is InChI=1S/C15H21N3O2/c16-12-4-5-14-13(6-12)17-15(9-20)18(14)7-10-2-1-3-11(10)8-19/h4-6,10-11,19-20H,1-3,7-9,16H2. The predicted molar refractivity (Wildman–Crippen MR) is 78.0 cm³/mol. The number of nitrogens with two attached hydrogens (primary N) is 1. The van der Waals surface area contributed by atoms with Crippen molar-refractivity contribution in [2.75, 3.05) is 12.3 Å². The van der Waals surface area contributed by atoms with Gasteiger partial charge in [0.05, 0.1) is 11.0 Å². The largest absolute Gasteiger partial charge is 0.399 e. The molecule has 1 saturated carbocycles. The second-order valence-electron chi connectivity index (χ2n) is 5.68. The van der Waals surface area contributed by atoms with Crippen LogP contribution in [0.25, 0.3) is 11.0 Å². The molecule has 2 aromatic rings. The third kappa shape index (κ3) is 2.27. The van der Waals surface area contributed by atoms with Crippen LogP contribution in [0.3, 0.4) is 0 Å². The number of benzene rings is 1. The van der Waals surface area contributed by atoms with Crippen molar-refractivity contribution in [2.45, 2.75) is 32.4 Å². The van der Waals surface area contributed by atoms with Crippen molar-refractivity contribution < 1.29 is 10.2 Å². The van der Waals surface area contributed by atoms with Gasteiger partial charge in [0.1, 0.15) is 12.4 Å². The van der Waals surface area contributed by atoms with E-state index in [1.165, 1.54) is 6.42 Å². The maximum absolute atomic E-state index is 9.52. The summed E-state index contributed by atoms with van der Waals surface area (Å²) in [5.74, 6) is 1.50. The number of hydrogen-bond acceptors (Lipinski definition) is 4. The summed E-state index contributed by atoms with van der Waals surface area (Å²) in [6, 6.07) is 5.66. The molecular formula is C15H21N3O2. The second-order valence-corrected chi connectivity index (χ2v) is 5.68. The molecule has 1 heterocycles. The van der Waals surface area contributed by atoms with Gasteiger partial charge >= 0.3 is 0 Å². The van der Waals surface area contributed by atoms with Gasteiger partial charge in [-0.05, 0) is 42.9 Å². The second kappa shape index (κ2) is 5.42. The number of anilines is 1. The summed E-state index contributed by atoms with van der Waals surface area (Å²) in [5, 5.41) is 19.0. The monoisotopic (exact) mass is 275 g/mol. The minimum atomic E-state index is -0.0783. The van der Waals surface area contributed by atoms with Gasteiger partial charge in [0.25, 0.3) is 0 Å². The van der Waals surface area contributed by atoms with Crippen LogP contribution in [0.15, 0.2) is 18.2 Å². The van der Waals surface area contributed by atoms with Crippen molar-refractivity contribution in [3.8, 4) is 0 Å². The SMILES string of the molecule is Nc1ccc2c(c1)nc(CO)n2CC1CCCC1CO. The molecule has 0 saturated heterocycles. The highest BCUT2D eigenvalue weighted by atomic mass is 16.3. The van der Waals surface area contributed by atoms with E-state index < -0.39 is 0 Å². The zero-order valence-corrected chi connectivity index (χ0v) is 11.5. The molecule has 108 valence electrons. The lowest BCUT2D eigenvalue weighted by Gasteiger charge is -2.19. The maximum Gasteiger partial charge on any atom is 0.135 e. The molecule has 3 rings (SSSR count). The van der Waals surface area contributed by atoms with Gasteiger partial charge in [-0.25, -0.2) is 4.98 Å². The first-order chi connectivity index (χ1) is 9.72. The maximum atomic E-state index is 9.52. The van der Waals surface area contributed by atoms with E-state index in [0.717, 1.165) is 30.4 Å². The molecule has 20 heavy (non-hydrogen) atoms. The summed E-state index contributed by atoms with van der Waals surface area (Å²) in [7, 11) is 0. The van der Waals surface area contributed by atoms with E-state index in [0.29, 0.717) is 23.3 Å². The number of aliphatic hydroxyl groups excluding tert-OH is 2. The van der Waals surface area contributed by atoms with Gasteiger partial charge in [-0.3, -0.25) is 0 Å². The number of rotatable bonds is 4. The lowest BCUT2D eigenvalue weighted by atomic mass is 9.97. The van der Waals surface area contributed by atoms with Gasteiger partial charge in [-0.2, -0.15) is 0 Å². The topological polar surface area (TPSA) is 84.3 Å². The Morgan fingerprint density at radius 1 is 1.25 bits per heavy atom. The molecule has 1 aromatic carbocycles. The highest BCUT2D eigenvalue weighted by molar-refractivity contribution is 5.79. The van der Waals surface area contributed by atoms with Crippen molar-refractivity contribution >= 4 is 16.7 Å². The van der Waals surface area contributed by atoms with Crippen LogP contribution in [-0.2, 0) is 13.2 Å². The quantitative estimate of drug-likeness (QED) is 0.739. The first-order valence-corrected chi connectivity index (χ1v) is 7.19. The molecule has 0 aliphatic heterocycles. The summed E-state index contributed by atoms with van der Waals surface area (Å²) >= 11 is 0. The number of aromatic nitrogens is 2. The normalized spacial score (nSPS) is 22.7. The van der Waals surface area contributed by atoms with Crippen molar-refractivity contribution in [1.29, 1.82) is 0 Å². The number of aliphatic hydroxyl groups is 2. The first kappa shape index (κ1) is 13.4. The molecule has 2 unspecified atom stereocenters. The summed E-state index contributed by atoms with van der Waals surface area (Å²) in [6.07, 6.45) is 3.39. The fraction of sp³-hybridized carbons (Fsp3) is 0.533. The highest BCUT2D eigenvalue weighted by Crippen LogP contribution is 2.34. The Morgan fingerprint density at radius 3 is 2.80 bits per heavy atom. The molecule has 0 bridgehead atoms. The van der Waals surface area contributed by atoms with Gasteiger partial charge in [0, 0.05) is 18.8 Å². The molecule has 1 aliphatic carbocycles. The fourth-order valence-corrected chi connectivity index (χ4v) is 3.35. The van der Waals surface area contributed by atoms with Crippen molar-refractivity contribution in [3.63, 3.8) is 0 Å². The van der Waals surface area contributed by atoms with E-state index in [9.17, 15) is 10.2 Å². The van der Waals surface area contributed by atoms with Gasteiger partial charge < -0.3 is 20.5 Å². The minimum Gasteiger partial charge on any atom is -0.399 e. The van der Waals surface area contributed by atoms with Crippen LogP contribution in [0, 0.1) is 11.8 Å². The van der Waals surface area contributed by atoms with Crippen LogP contribution in [-0.4, -0.2) is 26.4 Å². The fourth-order valence-electron chi connectivity index (χ4n) is 3.35. The Balaban J connectivity index is 1.97. The smallest absolute Gasteiger partial charge is 0.135 e. The summed E-state index contributed by atoms with van der Waals surface area (Å²) in [4.78, 5) is 4.46. The van der Waals surface area contributed by atoms with E-state index in [4.69, 9.17) is 5.73 Å². The van der Waals surface area contributed by atoms with Crippen LogP contribution in [0.4, 0.5) is 5.69 Å². The van der Waals surface area contributed by atoms with Crippen LogP contribution in [0.1, 0.15) is 25.1 Å². The molecule has 5 nitrogen and oxygen atoms in total. The van der Waals surface area contributed by atoms with Crippen LogP contribution in [0.5, 0.6) is 0 Å². The molecule has 5 heteroatoms. The molecule has 1 fully saturated rings.